The van der Waals surface area contributed by atoms with Crippen LogP contribution in [0.1, 0.15) is 34.6 Å². The van der Waals surface area contributed by atoms with Gasteiger partial charge in [0.05, 0.1) is 5.56 Å². The lowest BCUT2D eigenvalue weighted by atomic mass is 9.83. The number of ether oxygens (including phenoxy) is 1. The van der Waals surface area contributed by atoms with Crippen molar-refractivity contribution in [3.05, 3.63) is 210 Å². The van der Waals surface area contributed by atoms with Crippen LogP contribution in [-0.4, -0.2) is 6.10 Å². The summed E-state index contributed by atoms with van der Waals surface area (Å²) >= 11 is 0. The van der Waals surface area contributed by atoms with Crippen LogP contribution in [0.15, 0.2) is 193 Å². The van der Waals surface area contributed by atoms with E-state index in [0.717, 1.165) is 51.7 Å². The third-order valence-electron chi connectivity index (χ3n) is 14.0. The molecule has 0 bridgehead atoms. The molecule has 0 radical (unpaired) electrons. The van der Waals surface area contributed by atoms with E-state index in [1.807, 2.05) is 0 Å². The lowest BCUT2D eigenvalue weighted by molar-refractivity contribution is 0.270. The number of aryl methyl sites for hydroxylation is 1. The fourth-order valence-electron chi connectivity index (χ4n) is 11.1. The van der Waals surface area contributed by atoms with Crippen molar-refractivity contribution in [1.82, 2.24) is 0 Å². The first-order valence-electron chi connectivity index (χ1n) is 21.9. The first kappa shape index (κ1) is 34.1. The largest absolute Gasteiger partial charge is 0.484 e. The van der Waals surface area contributed by atoms with Crippen molar-refractivity contribution in [2.75, 3.05) is 0 Å². The zero-order valence-corrected chi connectivity index (χ0v) is 33.9. The second-order valence-corrected chi connectivity index (χ2v) is 17.3. The summed E-state index contributed by atoms with van der Waals surface area (Å²) in [4.78, 5) is 0. The molecule has 2 aliphatic carbocycles. The topological polar surface area (TPSA) is 22.4 Å². The molecule has 62 heavy (non-hydrogen) atoms. The quantitative estimate of drug-likeness (QED) is 0.166. The minimum atomic E-state index is -0.102. The van der Waals surface area contributed by atoms with Crippen molar-refractivity contribution in [3.8, 4) is 28.0 Å². The van der Waals surface area contributed by atoms with E-state index in [-0.39, 0.29) is 12.0 Å². The highest BCUT2D eigenvalue weighted by atomic mass is 16.5. The maximum absolute atomic E-state index is 6.98. The molecule has 0 spiro atoms. The third-order valence-corrected chi connectivity index (χ3v) is 14.0. The van der Waals surface area contributed by atoms with Gasteiger partial charge in [-0.15, -0.1) is 0 Å². The molecule has 11 aromatic rings. The van der Waals surface area contributed by atoms with Crippen molar-refractivity contribution in [1.29, 1.82) is 0 Å². The number of hydrogen-bond acceptors (Lipinski definition) is 2. The SMILES string of the molecule is C1=Cc2c(c3cc(C4=CC5c6cc7c(oc8ccc(-c9ccc%10c%11ccccc%11c%11ccccc%11c%10c9)cc87)c(-c7ccccc7)c6OC5C=C4)ccc3c3ccccc23)CC1. The van der Waals surface area contributed by atoms with Gasteiger partial charge in [-0.3, -0.25) is 0 Å². The van der Waals surface area contributed by atoms with Gasteiger partial charge in [-0.05, 0) is 142 Å². The molecule has 2 nitrogen and oxygen atoms in total. The maximum atomic E-state index is 6.98. The second kappa shape index (κ2) is 12.9. The summed E-state index contributed by atoms with van der Waals surface area (Å²) in [5.41, 5.74) is 12.7. The van der Waals surface area contributed by atoms with Gasteiger partial charge in [-0.2, -0.15) is 0 Å². The molecule has 0 amide bonds. The lowest BCUT2D eigenvalue weighted by Crippen LogP contribution is -2.17. The van der Waals surface area contributed by atoms with Crippen LogP contribution < -0.4 is 4.74 Å². The van der Waals surface area contributed by atoms with Gasteiger partial charge in [0, 0.05) is 22.3 Å². The summed E-state index contributed by atoms with van der Waals surface area (Å²) in [6, 6.07) is 60.2. The fourth-order valence-corrected chi connectivity index (χ4v) is 11.1. The minimum Gasteiger partial charge on any atom is -0.484 e. The molecular formula is C60H38O2. The Morgan fingerprint density at radius 3 is 1.81 bits per heavy atom. The maximum Gasteiger partial charge on any atom is 0.146 e. The van der Waals surface area contributed by atoms with Gasteiger partial charge in [-0.25, -0.2) is 0 Å². The van der Waals surface area contributed by atoms with Crippen LogP contribution in [0.4, 0.5) is 0 Å². The molecule has 0 saturated carbocycles. The van der Waals surface area contributed by atoms with E-state index in [4.69, 9.17) is 9.15 Å². The van der Waals surface area contributed by atoms with Crippen molar-refractivity contribution in [3.63, 3.8) is 0 Å². The lowest BCUT2D eigenvalue weighted by Gasteiger charge is -2.21. The highest BCUT2D eigenvalue weighted by molar-refractivity contribution is 6.26. The molecule has 2 heterocycles. The van der Waals surface area contributed by atoms with Gasteiger partial charge in [0.15, 0.2) is 0 Å². The number of allylic oxidation sites excluding steroid dienone is 3. The van der Waals surface area contributed by atoms with E-state index >= 15 is 0 Å². The summed E-state index contributed by atoms with van der Waals surface area (Å²) in [6.07, 6.45) is 13.7. The molecule has 290 valence electrons. The Morgan fingerprint density at radius 2 is 1.05 bits per heavy atom. The average Bonchev–Trinajstić information content (AvgIpc) is 3.90. The molecule has 1 aliphatic heterocycles. The first-order valence-corrected chi connectivity index (χ1v) is 21.9. The van der Waals surface area contributed by atoms with Gasteiger partial charge in [0.1, 0.15) is 23.0 Å². The number of rotatable bonds is 3. The van der Waals surface area contributed by atoms with Crippen LogP contribution >= 0.6 is 0 Å². The van der Waals surface area contributed by atoms with Gasteiger partial charge >= 0.3 is 0 Å². The summed E-state index contributed by atoms with van der Waals surface area (Å²) in [5.74, 6) is 0.970. The zero-order chi connectivity index (χ0) is 40.5. The summed E-state index contributed by atoms with van der Waals surface area (Å²) < 4.78 is 13.9. The number of furan rings is 1. The minimum absolute atomic E-state index is 0.0535. The molecule has 2 heteroatoms. The number of fused-ring (bicyclic) bond motifs is 18. The predicted octanol–water partition coefficient (Wildman–Crippen LogP) is 16.1. The van der Waals surface area contributed by atoms with Crippen molar-refractivity contribution in [2.45, 2.75) is 24.9 Å². The van der Waals surface area contributed by atoms with Crippen molar-refractivity contribution < 1.29 is 9.15 Å². The first-order chi connectivity index (χ1) is 30.7. The summed E-state index contributed by atoms with van der Waals surface area (Å²) in [6.45, 7) is 0. The molecular weight excluding hydrogens is 753 g/mol. The third kappa shape index (κ3) is 4.86. The molecule has 0 N–H and O–H groups in total. The second-order valence-electron chi connectivity index (χ2n) is 17.3. The van der Waals surface area contributed by atoms with E-state index < -0.39 is 0 Å². The number of hydrogen-bond donors (Lipinski definition) is 0. The van der Waals surface area contributed by atoms with Crippen LogP contribution in [0.3, 0.4) is 0 Å². The molecule has 0 saturated heterocycles. The Bertz CT molecular complexity index is 3810. The monoisotopic (exact) mass is 790 g/mol. The molecule has 0 fully saturated rings. The van der Waals surface area contributed by atoms with E-state index in [1.54, 1.807) is 0 Å². The predicted molar refractivity (Wildman–Crippen MR) is 260 cm³/mol. The molecule has 2 unspecified atom stereocenters. The van der Waals surface area contributed by atoms with Gasteiger partial charge < -0.3 is 9.15 Å². The van der Waals surface area contributed by atoms with E-state index in [9.17, 15) is 0 Å². The van der Waals surface area contributed by atoms with E-state index in [0.29, 0.717) is 0 Å². The standard InChI is InChI=1S/C60H38O2/c1-2-12-35(13-3-1)58-59-54(52-32-38(24-28-56(52)61-59)36-22-26-48-44-18-6-4-14-40(44)42-16-8-10-20-46(42)50(48)30-36)34-55-53-33-39(25-29-57(53)62-60(55)58)37-23-27-49-45-19-7-5-15-41(45)43-17-9-11-21-47(43)51(49)31-37/h1-10,12-20,22-34,53,57H,11,21H2. The normalized spacial score (nSPS) is 16.7. The van der Waals surface area contributed by atoms with Crippen LogP contribution in [0.5, 0.6) is 5.75 Å². The van der Waals surface area contributed by atoms with Gasteiger partial charge in [0.2, 0.25) is 0 Å². The Balaban J connectivity index is 0.938. The highest BCUT2D eigenvalue weighted by Gasteiger charge is 2.37. The van der Waals surface area contributed by atoms with Crippen LogP contribution in [-0.2, 0) is 6.42 Å². The molecule has 1 aromatic heterocycles. The zero-order valence-electron chi connectivity index (χ0n) is 33.9. The highest BCUT2D eigenvalue weighted by Crippen LogP contribution is 2.53. The molecule has 14 rings (SSSR count). The average molecular weight is 791 g/mol. The summed E-state index contributed by atoms with van der Waals surface area (Å²) in [5, 5.41) is 15.3. The number of benzene rings is 10. The Hall–Kier alpha value is -7.68. The molecule has 3 aliphatic rings. The van der Waals surface area contributed by atoms with Crippen LogP contribution in [0.2, 0.25) is 0 Å². The van der Waals surface area contributed by atoms with Crippen molar-refractivity contribution in [2.24, 2.45) is 0 Å². The van der Waals surface area contributed by atoms with E-state index in [2.05, 4.69) is 194 Å². The molecule has 10 aromatic carbocycles. The fraction of sp³-hybridized carbons (Fsp3) is 0.0667. The smallest absolute Gasteiger partial charge is 0.146 e. The van der Waals surface area contributed by atoms with Gasteiger partial charge in [0.25, 0.3) is 0 Å². The van der Waals surface area contributed by atoms with E-state index in [1.165, 1.54) is 92.8 Å². The Morgan fingerprint density at radius 1 is 0.452 bits per heavy atom. The molecule has 2 atom stereocenters. The Kier molecular flexibility index (Phi) is 7.10. The van der Waals surface area contributed by atoms with Crippen LogP contribution in [0, 0.1) is 0 Å². The van der Waals surface area contributed by atoms with Gasteiger partial charge in [-0.1, -0.05) is 158 Å². The summed E-state index contributed by atoms with van der Waals surface area (Å²) in [7, 11) is 0. The van der Waals surface area contributed by atoms with Crippen LogP contribution in [0.25, 0.3) is 110 Å². The Labute approximate surface area is 358 Å². The van der Waals surface area contributed by atoms with Crippen molar-refractivity contribution >= 4 is 87.4 Å².